The van der Waals surface area contributed by atoms with Crippen LogP contribution in [0.2, 0.25) is 0 Å². The van der Waals surface area contributed by atoms with Crippen molar-refractivity contribution in [2.24, 2.45) is 0 Å². The van der Waals surface area contributed by atoms with Crippen molar-refractivity contribution in [3.63, 3.8) is 0 Å². The first kappa shape index (κ1) is 17.7. The number of amides is 2. The van der Waals surface area contributed by atoms with E-state index in [1.807, 2.05) is 12.1 Å². The van der Waals surface area contributed by atoms with E-state index in [0.717, 1.165) is 18.5 Å². The number of rotatable bonds is 3. The maximum absolute atomic E-state index is 14.8. The van der Waals surface area contributed by atoms with Crippen LogP contribution < -0.4 is 10.6 Å². The van der Waals surface area contributed by atoms with E-state index < -0.39 is 6.04 Å². The lowest BCUT2D eigenvalue weighted by molar-refractivity contribution is -0.119. The molecule has 2 amide bonds. The van der Waals surface area contributed by atoms with Crippen LogP contribution in [0.3, 0.4) is 0 Å². The monoisotopic (exact) mass is 367 g/mol. The molecule has 2 aromatic carbocycles. The molecule has 27 heavy (non-hydrogen) atoms. The molecule has 0 radical (unpaired) electrons. The number of likely N-dealkylation sites (tertiary alicyclic amines) is 1. The number of carbonyl (C=O) groups is 2. The molecule has 0 saturated carbocycles. The van der Waals surface area contributed by atoms with Crippen molar-refractivity contribution in [3.05, 3.63) is 65.0 Å². The summed E-state index contributed by atoms with van der Waals surface area (Å²) in [6, 6.07) is 11.8. The van der Waals surface area contributed by atoms with Crippen LogP contribution in [0, 0.1) is 5.82 Å². The summed E-state index contributed by atoms with van der Waals surface area (Å²) in [6.45, 7) is 1.90. The van der Waals surface area contributed by atoms with E-state index in [2.05, 4.69) is 10.6 Å². The van der Waals surface area contributed by atoms with Crippen molar-refractivity contribution in [2.75, 3.05) is 18.4 Å². The van der Waals surface area contributed by atoms with Crippen LogP contribution in [0.15, 0.2) is 42.5 Å². The number of anilines is 1. The third-order valence-electron chi connectivity index (χ3n) is 5.30. The zero-order chi connectivity index (χ0) is 18.8. The zero-order valence-corrected chi connectivity index (χ0v) is 15.0. The quantitative estimate of drug-likeness (QED) is 0.877. The second kappa shape index (κ2) is 7.48. The molecule has 5 nitrogen and oxygen atoms in total. The maximum Gasteiger partial charge on any atom is 0.254 e. The predicted octanol–water partition coefficient (Wildman–Crippen LogP) is 2.71. The van der Waals surface area contributed by atoms with Gasteiger partial charge in [-0.05, 0) is 55.1 Å². The smallest absolute Gasteiger partial charge is 0.254 e. The normalized spacial score (nSPS) is 18.9. The Morgan fingerprint density at radius 1 is 1.15 bits per heavy atom. The van der Waals surface area contributed by atoms with E-state index in [0.29, 0.717) is 37.1 Å². The van der Waals surface area contributed by atoms with E-state index in [1.165, 1.54) is 0 Å². The summed E-state index contributed by atoms with van der Waals surface area (Å²) >= 11 is 0. The highest BCUT2D eigenvalue weighted by molar-refractivity contribution is 6.01. The van der Waals surface area contributed by atoms with Gasteiger partial charge < -0.3 is 15.5 Å². The van der Waals surface area contributed by atoms with Gasteiger partial charge in [-0.15, -0.1) is 0 Å². The molecule has 2 N–H and O–H groups in total. The molecule has 140 valence electrons. The molecule has 1 fully saturated rings. The fourth-order valence-electron chi connectivity index (χ4n) is 3.88. The van der Waals surface area contributed by atoms with Crippen LogP contribution in [0.25, 0.3) is 0 Å². The number of fused-ring (bicyclic) bond motifs is 1. The molecule has 2 aliphatic heterocycles. The Bertz CT molecular complexity index is 869. The second-order valence-corrected chi connectivity index (χ2v) is 7.00. The van der Waals surface area contributed by atoms with Gasteiger partial charge in [-0.1, -0.05) is 24.3 Å². The van der Waals surface area contributed by atoms with Gasteiger partial charge in [0.05, 0.1) is 5.69 Å². The highest BCUT2D eigenvalue weighted by Gasteiger charge is 2.35. The topological polar surface area (TPSA) is 61.4 Å². The molecule has 1 atom stereocenters. The van der Waals surface area contributed by atoms with Crippen LogP contribution in [0.4, 0.5) is 10.1 Å². The Morgan fingerprint density at radius 2 is 1.96 bits per heavy atom. The van der Waals surface area contributed by atoms with Crippen LogP contribution >= 0.6 is 0 Å². The largest absolute Gasteiger partial charge is 0.327 e. The molecule has 0 aliphatic carbocycles. The van der Waals surface area contributed by atoms with Crippen LogP contribution in [0.5, 0.6) is 0 Å². The van der Waals surface area contributed by atoms with Crippen molar-refractivity contribution in [1.82, 2.24) is 10.2 Å². The van der Waals surface area contributed by atoms with Crippen molar-refractivity contribution in [2.45, 2.75) is 31.8 Å². The number of hydrogen-bond donors (Lipinski definition) is 2. The average Bonchev–Trinajstić information content (AvgIpc) is 3.20. The third kappa shape index (κ3) is 3.45. The third-order valence-corrected chi connectivity index (χ3v) is 5.30. The summed E-state index contributed by atoms with van der Waals surface area (Å²) in [5, 5.41) is 5.92. The summed E-state index contributed by atoms with van der Waals surface area (Å²) in [5.74, 6) is -0.851. The van der Waals surface area contributed by atoms with Crippen LogP contribution in [0.1, 0.15) is 34.3 Å². The predicted molar refractivity (Wildman–Crippen MR) is 101 cm³/mol. The first-order valence-electron chi connectivity index (χ1n) is 9.33. The van der Waals surface area contributed by atoms with E-state index in [4.69, 9.17) is 0 Å². The SMILES string of the molecule is O=C(Nc1ccc2c(c1F)CCNC2)C1CCCN1C(=O)c1ccccc1. The lowest BCUT2D eigenvalue weighted by Gasteiger charge is -2.25. The van der Waals surface area contributed by atoms with E-state index in [-0.39, 0.29) is 23.3 Å². The molecule has 0 aromatic heterocycles. The average molecular weight is 367 g/mol. The number of hydrogen-bond acceptors (Lipinski definition) is 3. The van der Waals surface area contributed by atoms with Gasteiger partial charge in [0.25, 0.3) is 5.91 Å². The summed E-state index contributed by atoms with van der Waals surface area (Å²) in [5.41, 5.74) is 2.35. The van der Waals surface area contributed by atoms with Gasteiger partial charge in [-0.2, -0.15) is 0 Å². The number of carbonyl (C=O) groups excluding carboxylic acids is 2. The first-order valence-corrected chi connectivity index (χ1v) is 9.33. The standard InChI is InChI=1S/C21H22FN3O2/c22-19-16-10-11-23-13-15(16)8-9-17(19)24-20(26)18-7-4-12-25(18)21(27)14-5-2-1-3-6-14/h1-3,5-6,8-9,18,23H,4,7,10-13H2,(H,24,26). The van der Waals surface area contributed by atoms with Crippen LogP contribution in [-0.4, -0.2) is 35.8 Å². The molecule has 0 bridgehead atoms. The van der Waals surface area contributed by atoms with Crippen molar-refractivity contribution < 1.29 is 14.0 Å². The number of halogens is 1. The maximum atomic E-state index is 14.8. The summed E-state index contributed by atoms with van der Waals surface area (Å²) < 4.78 is 14.8. The molecule has 6 heteroatoms. The Kier molecular flexibility index (Phi) is 4.90. The Balaban J connectivity index is 1.52. The molecular weight excluding hydrogens is 345 g/mol. The van der Waals surface area contributed by atoms with Crippen LogP contribution in [-0.2, 0) is 17.8 Å². The molecule has 1 saturated heterocycles. The van der Waals surface area contributed by atoms with Gasteiger partial charge in [0, 0.05) is 18.7 Å². The van der Waals surface area contributed by atoms with E-state index >= 15 is 0 Å². The van der Waals surface area contributed by atoms with Gasteiger partial charge in [0.15, 0.2) is 0 Å². The molecule has 4 rings (SSSR count). The molecule has 0 spiro atoms. The minimum absolute atomic E-state index is 0.162. The summed E-state index contributed by atoms with van der Waals surface area (Å²) in [7, 11) is 0. The number of nitrogens with one attached hydrogen (secondary N) is 2. The minimum atomic E-state index is -0.574. The van der Waals surface area contributed by atoms with E-state index in [1.54, 1.807) is 35.2 Å². The zero-order valence-electron chi connectivity index (χ0n) is 15.0. The van der Waals surface area contributed by atoms with Gasteiger partial charge in [-0.3, -0.25) is 9.59 Å². The van der Waals surface area contributed by atoms with Gasteiger partial charge in [0.2, 0.25) is 5.91 Å². The van der Waals surface area contributed by atoms with Gasteiger partial charge >= 0.3 is 0 Å². The molecule has 2 aliphatic rings. The van der Waals surface area contributed by atoms with Gasteiger partial charge in [-0.25, -0.2) is 4.39 Å². The molecular formula is C21H22FN3O2. The highest BCUT2D eigenvalue weighted by Crippen LogP contribution is 2.26. The molecule has 2 heterocycles. The Morgan fingerprint density at radius 3 is 2.78 bits per heavy atom. The first-order chi connectivity index (χ1) is 13.1. The number of nitrogens with zero attached hydrogens (tertiary/aromatic N) is 1. The highest BCUT2D eigenvalue weighted by atomic mass is 19.1. The Labute approximate surface area is 157 Å². The summed E-state index contributed by atoms with van der Waals surface area (Å²) in [4.78, 5) is 27.1. The fourth-order valence-corrected chi connectivity index (χ4v) is 3.88. The van der Waals surface area contributed by atoms with Gasteiger partial charge in [0.1, 0.15) is 11.9 Å². The lowest BCUT2D eigenvalue weighted by atomic mass is 9.99. The number of benzene rings is 2. The Hall–Kier alpha value is -2.73. The lowest BCUT2D eigenvalue weighted by Crippen LogP contribution is -2.43. The molecule has 1 unspecified atom stereocenters. The van der Waals surface area contributed by atoms with Crippen molar-refractivity contribution in [3.8, 4) is 0 Å². The minimum Gasteiger partial charge on any atom is -0.327 e. The van der Waals surface area contributed by atoms with Crippen molar-refractivity contribution >= 4 is 17.5 Å². The second-order valence-electron chi connectivity index (χ2n) is 7.00. The molecule has 2 aromatic rings. The fraction of sp³-hybridized carbons (Fsp3) is 0.333. The van der Waals surface area contributed by atoms with Crippen molar-refractivity contribution in [1.29, 1.82) is 0 Å². The summed E-state index contributed by atoms with van der Waals surface area (Å²) in [6.07, 6.45) is 1.95. The van der Waals surface area contributed by atoms with E-state index in [9.17, 15) is 14.0 Å².